The van der Waals surface area contributed by atoms with E-state index >= 15 is 0 Å². The van der Waals surface area contributed by atoms with Crippen molar-refractivity contribution >= 4 is 5.97 Å². The van der Waals surface area contributed by atoms with Gasteiger partial charge in [0.2, 0.25) is 0 Å². The van der Waals surface area contributed by atoms with Crippen LogP contribution in [-0.2, 0) is 9.53 Å². The van der Waals surface area contributed by atoms with E-state index in [9.17, 15) is 4.79 Å². The lowest BCUT2D eigenvalue weighted by Crippen LogP contribution is -2.13. The number of hydrogen-bond acceptors (Lipinski definition) is 2. The summed E-state index contributed by atoms with van der Waals surface area (Å²) in [5, 5.41) is 0. The predicted octanol–water partition coefficient (Wildman–Crippen LogP) is 2.54. The van der Waals surface area contributed by atoms with Gasteiger partial charge in [0.25, 0.3) is 0 Å². The zero-order chi connectivity index (χ0) is 10.2. The summed E-state index contributed by atoms with van der Waals surface area (Å²) in [5.41, 5.74) is 0.258. The molecule has 0 aliphatic heterocycles. The monoisotopic (exact) mass is 194 g/mol. The molecule has 2 heteroatoms. The second-order valence-corrected chi connectivity index (χ2v) is 4.48. The van der Waals surface area contributed by atoms with Gasteiger partial charge in [-0.05, 0) is 37.0 Å². The van der Waals surface area contributed by atoms with E-state index in [-0.39, 0.29) is 11.4 Å². The first-order valence-corrected chi connectivity index (χ1v) is 5.53. The molecule has 0 N–H and O–H groups in total. The Bertz CT molecular complexity index is 259. The van der Waals surface area contributed by atoms with Gasteiger partial charge < -0.3 is 4.74 Å². The van der Waals surface area contributed by atoms with Crippen LogP contribution in [-0.4, -0.2) is 12.6 Å². The van der Waals surface area contributed by atoms with Gasteiger partial charge >= 0.3 is 5.97 Å². The van der Waals surface area contributed by atoms with Gasteiger partial charge in [0.15, 0.2) is 0 Å². The van der Waals surface area contributed by atoms with E-state index in [4.69, 9.17) is 4.74 Å². The Morgan fingerprint density at radius 1 is 1.71 bits per heavy atom. The van der Waals surface area contributed by atoms with Crippen LogP contribution in [0.5, 0.6) is 0 Å². The van der Waals surface area contributed by atoms with Crippen molar-refractivity contribution < 1.29 is 9.53 Å². The van der Waals surface area contributed by atoms with Crippen LogP contribution < -0.4 is 0 Å². The average molecular weight is 194 g/mol. The summed E-state index contributed by atoms with van der Waals surface area (Å²) in [6, 6.07) is 0. The lowest BCUT2D eigenvalue weighted by molar-refractivity contribution is -0.144. The van der Waals surface area contributed by atoms with E-state index < -0.39 is 0 Å². The zero-order valence-corrected chi connectivity index (χ0v) is 8.79. The van der Waals surface area contributed by atoms with Crippen LogP contribution in [0, 0.1) is 17.3 Å². The van der Waals surface area contributed by atoms with Crippen LogP contribution in [0.3, 0.4) is 0 Å². The Kier molecular flexibility index (Phi) is 2.38. The highest BCUT2D eigenvalue weighted by Gasteiger charge is 2.65. The van der Waals surface area contributed by atoms with Gasteiger partial charge in [-0.2, -0.15) is 0 Å². The zero-order valence-electron chi connectivity index (χ0n) is 8.79. The number of rotatable bonds is 4. The molecule has 2 aliphatic rings. The minimum atomic E-state index is -0.0243. The van der Waals surface area contributed by atoms with Gasteiger partial charge in [-0.25, -0.2) is 0 Å². The van der Waals surface area contributed by atoms with Crippen molar-refractivity contribution in [2.24, 2.45) is 17.3 Å². The normalized spacial score (nSPS) is 38.9. The largest absolute Gasteiger partial charge is 0.466 e. The molecule has 0 aromatic heterocycles. The topological polar surface area (TPSA) is 26.3 Å². The highest BCUT2D eigenvalue weighted by molar-refractivity contribution is 5.71. The molecule has 2 nitrogen and oxygen atoms in total. The van der Waals surface area contributed by atoms with Crippen molar-refractivity contribution in [1.29, 1.82) is 0 Å². The Morgan fingerprint density at radius 3 is 3.07 bits per heavy atom. The second kappa shape index (κ2) is 3.41. The number of carbonyl (C=O) groups is 1. The third kappa shape index (κ3) is 1.28. The molecule has 0 aromatic rings. The fraction of sp³-hybridized carbons (Fsp3) is 0.750. The van der Waals surface area contributed by atoms with Gasteiger partial charge in [0.1, 0.15) is 0 Å². The molecule has 2 saturated carbocycles. The van der Waals surface area contributed by atoms with Gasteiger partial charge in [-0.3, -0.25) is 4.79 Å². The number of fused-ring (bicyclic) bond motifs is 1. The molecule has 0 aromatic carbocycles. The van der Waals surface area contributed by atoms with Crippen molar-refractivity contribution in [3.63, 3.8) is 0 Å². The van der Waals surface area contributed by atoms with Crippen molar-refractivity contribution in [2.75, 3.05) is 6.61 Å². The molecular formula is C12H18O2. The molecule has 3 unspecified atom stereocenters. The summed E-state index contributed by atoms with van der Waals surface area (Å²) < 4.78 is 5.02. The molecule has 2 aliphatic carbocycles. The summed E-state index contributed by atoms with van der Waals surface area (Å²) in [4.78, 5) is 11.4. The summed E-state index contributed by atoms with van der Waals surface area (Å²) in [5.74, 6) is 1.29. The van der Waals surface area contributed by atoms with Crippen molar-refractivity contribution in [3.8, 4) is 0 Å². The van der Waals surface area contributed by atoms with E-state index in [0.717, 1.165) is 5.92 Å². The third-order valence-electron chi connectivity index (χ3n) is 3.92. The maximum absolute atomic E-state index is 11.4. The molecule has 3 atom stereocenters. The molecule has 0 spiro atoms. The molecule has 0 amide bonds. The van der Waals surface area contributed by atoms with E-state index in [1.165, 1.54) is 19.3 Å². The van der Waals surface area contributed by atoms with Crippen LogP contribution in [0.2, 0.25) is 0 Å². The number of esters is 1. The highest BCUT2D eigenvalue weighted by atomic mass is 16.5. The first-order valence-electron chi connectivity index (χ1n) is 5.53. The summed E-state index contributed by atoms with van der Waals surface area (Å²) in [6.07, 6.45) is 6.38. The molecule has 14 heavy (non-hydrogen) atoms. The van der Waals surface area contributed by atoms with E-state index in [1.54, 1.807) is 0 Å². The molecule has 2 rings (SSSR count). The van der Waals surface area contributed by atoms with Crippen LogP contribution >= 0.6 is 0 Å². The Balaban J connectivity index is 1.96. The third-order valence-corrected chi connectivity index (χ3v) is 3.92. The van der Waals surface area contributed by atoms with Crippen LogP contribution in [0.1, 0.15) is 32.6 Å². The van der Waals surface area contributed by atoms with Crippen LogP contribution in [0.15, 0.2) is 12.7 Å². The van der Waals surface area contributed by atoms with Crippen molar-refractivity contribution in [2.45, 2.75) is 32.6 Å². The maximum Gasteiger partial charge on any atom is 0.306 e. The van der Waals surface area contributed by atoms with E-state index in [0.29, 0.717) is 18.9 Å². The van der Waals surface area contributed by atoms with E-state index in [1.807, 2.05) is 13.0 Å². The van der Waals surface area contributed by atoms with Gasteiger partial charge in [-0.15, -0.1) is 6.58 Å². The Hall–Kier alpha value is -0.790. The lowest BCUT2D eigenvalue weighted by Gasteiger charge is -2.12. The molecule has 0 radical (unpaired) electrons. The van der Waals surface area contributed by atoms with Crippen molar-refractivity contribution in [1.82, 2.24) is 0 Å². The first-order chi connectivity index (χ1) is 6.74. The van der Waals surface area contributed by atoms with Crippen molar-refractivity contribution in [3.05, 3.63) is 12.7 Å². The summed E-state index contributed by atoms with van der Waals surface area (Å²) >= 11 is 0. The summed E-state index contributed by atoms with van der Waals surface area (Å²) in [6.45, 7) is 6.21. The molecular weight excluding hydrogens is 176 g/mol. The van der Waals surface area contributed by atoms with Crippen LogP contribution in [0.4, 0.5) is 0 Å². The number of hydrogen-bond donors (Lipinski definition) is 0. The molecule has 0 bridgehead atoms. The maximum atomic E-state index is 11.4. The first kappa shape index (κ1) is 9.75. The minimum absolute atomic E-state index is 0.0243. The quantitative estimate of drug-likeness (QED) is 0.508. The van der Waals surface area contributed by atoms with Gasteiger partial charge in [0.05, 0.1) is 13.0 Å². The number of allylic oxidation sites excluding steroid dienone is 1. The molecule has 78 valence electrons. The smallest absolute Gasteiger partial charge is 0.306 e. The Labute approximate surface area is 85.3 Å². The molecule has 0 heterocycles. The van der Waals surface area contributed by atoms with Gasteiger partial charge in [0, 0.05) is 0 Å². The SMILES string of the molecule is C=CC1C2CCCC12CC(=O)OCC. The number of ether oxygens (including phenoxy) is 1. The van der Waals surface area contributed by atoms with Crippen LogP contribution in [0.25, 0.3) is 0 Å². The predicted molar refractivity (Wildman–Crippen MR) is 54.7 cm³/mol. The average Bonchev–Trinajstić information content (AvgIpc) is 2.51. The standard InChI is InChI=1S/C12H18O2/c1-3-9-10-6-5-7-12(9,10)8-11(13)14-4-2/h3,9-10H,1,4-8H2,2H3. The second-order valence-electron chi connectivity index (χ2n) is 4.48. The highest BCUT2D eigenvalue weighted by Crippen LogP contribution is 2.70. The number of carbonyl (C=O) groups excluding carboxylic acids is 1. The summed E-state index contributed by atoms with van der Waals surface area (Å²) in [7, 11) is 0. The van der Waals surface area contributed by atoms with E-state index in [2.05, 4.69) is 6.58 Å². The minimum Gasteiger partial charge on any atom is -0.466 e. The molecule has 2 fully saturated rings. The fourth-order valence-corrected chi connectivity index (χ4v) is 3.30. The fourth-order valence-electron chi connectivity index (χ4n) is 3.30. The lowest BCUT2D eigenvalue weighted by atomic mass is 9.96. The van der Waals surface area contributed by atoms with Gasteiger partial charge in [-0.1, -0.05) is 12.5 Å². The Morgan fingerprint density at radius 2 is 2.50 bits per heavy atom. The molecule has 0 saturated heterocycles.